The molecule has 12 heteroatoms. The van der Waals surface area contributed by atoms with Gasteiger partial charge < -0.3 is 19.4 Å². The number of carbonyl (C=O) groups excluding carboxylic acids is 1. The second-order valence-corrected chi connectivity index (χ2v) is 8.96. The summed E-state index contributed by atoms with van der Waals surface area (Å²) in [5, 5.41) is 11.5. The molecule has 0 amide bonds. The van der Waals surface area contributed by atoms with Crippen molar-refractivity contribution in [3.63, 3.8) is 0 Å². The summed E-state index contributed by atoms with van der Waals surface area (Å²) in [5.41, 5.74) is -0.0859. The number of anilines is 1. The van der Waals surface area contributed by atoms with E-state index < -0.39 is 13.9 Å². The fourth-order valence-electron chi connectivity index (χ4n) is 3.97. The summed E-state index contributed by atoms with van der Waals surface area (Å²) in [6.07, 6.45) is 5.93. The van der Waals surface area contributed by atoms with E-state index in [0.717, 1.165) is 23.9 Å². The van der Waals surface area contributed by atoms with Gasteiger partial charge in [0.2, 0.25) is 11.7 Å². The number of rotatable bonds is 8. The SMILES string of the molecule is COc1cc2cnn(CC(=O)c3ccn[nH]3)c(=O)c2c(N2CCC(CCP(O)O)CC2)n1. The Bertz CT molecular complexity index is 1140. The predicted molar refractivity (Wildman–Crippen MR) is 119 cm³/mol. The summed E-state index contributed by atoms with van der Waals surface area (Å²) in [7, 11) is -0.349. The molecule has 1 aliphatic heterocycles. The lowest BCUT2D eigenvalue weighted by molar-refractivity contribution is 0.0961. The maximum absolute atomic E-state index is 13.3. The summed E-state index contributed by atoms with van der Waals surface area (Å²) in [6.45, 7) is 1.16. The molecule has 1 aliphatic rings. The van der Waals surface area contributed by atoms with Crippen LogP contribution in [-0.4, -0.2) is 66.9 Å². The lowest BCUT2D eigenvalue weighted by atomic mass is 9.94. The zero-order valence-electron chi connectivity index (χ0n) is 17.6. The number of nitrogens with one attached hydrogen (secondary N) is 1. The number of pyridine rings is 1. The lowest BCUT2D eigenvalue weighted by Gasteiger charge is -2.33. The van der Waals surface area contributed by atoms with Crippen molar-refractivity contribution in [1.29, 1.82) is 0 Å². The molecule has 4 heterocycles. The van der Waals surface area contributed by atoms with Crippen LogP contribution in [0.4, 0.5) is 5.82 Å². The summed E-state index contributed by atoms with van der Waals surface area (Å²) in [5.74, 6) is 0.999. The van der Waals surface area contributed by atoms with Crippen LogP contribution in [0.15, 0.2) is 29.3 Å². The Hall–Kier alpha value is -2.88. The van der Waals surface area contributed by atoms with E-state index in [2.05, 4.69) is 20.3 Å². The highest BCUT2D eigenvalue weighted by Gasteiger charge is 2.25. The molecule has 0 aliphatic carbocycles. The van der Waals surface area contributed by atoms with Gasteiger partial charge in [-0.05, 0) is 31.2 Å². The minimum absolute atomic E-state index is 0.212. The fraction of sp³-hybridized carbons (Fsp3) is 0.450. The number of hydrogen-bond acceptors (Lipinski definition) is 9. The highest BCUT2D eigenvalue weighted by Crippen LogP contribution is 2.33. The Morgan fingerprint density at radius 1 is 1.34 bits per heavy atom. The van der Waals surface area contributed by atoms with E-state index >= 15 is 0 Å². The molecule has 3 N–H and O–H groups in total. The van der Waals surface area contributed by atoms with Gasteiger partial charge >= 0.3 is 0 Å². The normalized spacial score (nSPS) is 14.9. The number of nitrogens with zero attached hydrogens (tertiary/aromatic N) is 5. The molecule has 0 atom stereocenters. The number of carbonyl (C=O) groups is 1. The molecule has 11 nitrogen and oxygen atoms in total. The first-order valence-corrected chi connectivity index (χ1v) is 11.8. The van der Waals surface area contributed by atoms with Crippen LogP contribution in [0.2, 0.25) is 0 Å². The monoisotopic (exact) mass is 460 g/mol. The molecule has 0 bridgehead atoms. The molecule has 3 aromatic heterocycles. The predicted octanol–water partition coefficient (Wildman–Crippen LogP) is 1.31. The van der Waals surface area contributed by atoms with Crippen molar-refractivity contribution in [2.75, 3.05) is 31.3 Å². The van der Waals surface area contributed by atoms with Crippen LogP contribution in [0.3, 0.4) is 0 Å². The number of H-pyrrole nitrogens is 1. The van der Waals surface area contributed by atoms with Gasteiger partial charge in [0.15, 0.2) is 8.38 Å². The summed E-state index contributed by atoms with van der Waals surface area (Å²) >= 11 is 0. The van der Waals surface area contributed by atoms with Gasteiger partial charge in [-0.2, -0.15) is 15.2 Å². The van der Waals surface area contributed by atoms with E-state index in [1.165, 1.54) is 13.3 Å². The Kier molecular flexibility index (Phi) is 6.78. The molecular weight excluding hydrogens is 435 g/mol. The van der Waals surface area contributed by atoms with E-state index in [9.17, 15) is 19.4 Å². The van der Waals surface area contributed by atoms with E-state index in [1.807, 2.05) is 4.90 Å². The van der Waals surface area contributed by atoms with Crippen molar-refractivity contribution < 1.29 is 19.3 Å². The number of aromatic amines is 1. The topological polar surface area (TPSA) is 146 Å². The average molecular weight is 460 g/mol. The van der Waals surface area contributed by atoms with Gasteiger partial charge in [0.05, 0.1) is 18.7 Å². The van der Waals surface area contributed by atoms with Crippen molar-refractivity contribution in [3.05, 3.63) is 40.6 Å². The van der Waals surface area contributed by atoms with Gasteiger partial charge in [0, 0.05) is 36.9 Å². The molecule has 0 spiro atoms. The highest BCUT2D eigenvalue weighted by atomic mass is 31.2. The highest BCUT2D eigenvalue weighted by molar-refractivity contribution is 7.45. The minimum atomic E-state index is -1.87. The molecule has 1 saturated heterocycles. The van der Waals surface area contributed by atoms with Crippen LogP contribution >= 0.6 is 8.38 Å². The maximum Gasteiger partial charge on any atom is 0.278 e. The van der Waals surface area contributed by atoms with Gasteiger partial charge in [-0.3, -0.25) is 14.7 Å². The van der Waals surface area contributed by atoms with Crippen LogP contribution < -0.4 is 15.2 Å². The van der Waals surface area contributed by atoms with Crippen LogP contribution in [-0.2, 0) is 6.54 Å². The van der Waals surface area contributed by atoms with Crippen molar-refractivity contribution in [2.45, 2.75) is 25.8 Å². The van der Waals surface area contributed by atoms with Crippen molar-refractivity contribution >= 4 is 30.7 Å². The minimum Gasteiger partial charge on any atom is -0.481 e. The molecule has 0 radical (unpaired) electrons. The third-order valence-corrected chi connectivity index (χ3v) is 6.41. The van der Waals surface area contributed by atoms with E-state index in [1.54, 1.807) is 18.3 Å². The van der Waals surface area contributed by atoms with Crippen molar-refractivity contribution in [2.24, 2.45) is 5.92 Å². The molecule has 4 rings (SSSR count). The molecule has 0 aromatic carbocycles. The van der Waals surface area contributed by atoms with E-state index in [-0.39, 0.29) is 12.3 Å². The zero-order valence-corrected chi connectivity index (χ0v) is 18.5. The summed E-state index contributed by atoms with van der Waals surface area (Å²) in [4.78, 5) is 50.7. The van der Waals surface area contributed by atoms with Crippen LogP contribution in [0.1, 0.15) is 29.8 Å². The molecule has 170 valence electrons. The number of ether oxygens (including phenoxy) is 1. The van der Waals surface area contributed by atoms with Gasteiger partial charge in [0.25, 0.3) is 5.56 Å². The number of ketones is 1. The van der Waals surface area contributed by atoms with Crippen molar-refractivity contribution in [3.8, 4) is 5.88 Å². The molecule has 32 heavy (non-hydrogen) atoms. The number of piperidine rings is 1. The molecular formula is C20H25N6O5P. The van der Waals surface area contributed by atoms with Crippen molar-refractivity contribution in [1.82, 2.24) is 25.0 Å². The maximum atomic E-state index is 13.3. The molecule has 3 aromatic rings. The lowest BCUT2D eigenvalue weighted by Crippen LogP contribution is -2.36. The first-order chi connectivity index (χ1) is 15.5. The Labute approximate surface area is 185 Å². The fourth-order valence-corrected chi connectivity index (χ4v) is 4.57. The van der Waals surface area contributed by atoms with E-state index in [0.29, 0.717) is 53.3 Å². The van der Waals surface area contributed by atoms with Crippen LogP contribution in [0.25, 0.3) is 10.8 Å². The number of hydrogen-bond donors (Lipinski definition) is 3. The number of Topliss-reactive ketones (excluding diaryl/α,β-unsaturated/α-hetero) is 1. The van der Waals surface area contributed by atoms with Gasteiger partial charge in [-0.25, -0.2) is 4.68 Å². The standard InChI is InChI=1S/C20H25N6O5P/c1-31-17-10-14-11-22-26(12-16(27)15-2-6-21-24-15)20(28)18(14)19(23-17)25-7-3-13(4-8-25)5-9-32(29)30/h2,6,10-11,13,29-30H,3-5,7-9,12H2,1H3,(H,21,24). The average Bonchev–Trinajstić information content (AvgIpc) is 3.34. The van der Waals surface area contributed by atoms with Crippen LogP contribution in [0, 0.1) is 5.92 Å². The Balaban J connectivity index is 1.64. The van der Waals surface area contributed by atoms with Gasteiger partial charge in [0.1, 0.15) is 18.1 Å². The number of fused-ring (bicyclic) bond motifs is 1. The number of methoxy groups -OCH3 is 1. The first kappa shape index (κ1) is 22.3. The summed E-state index contributed by atoms with van der Waals surface area (Å²) < 4.78 is 6.47. The molecule has 0 saturated carbocycles. The van der Waals surface area contributed by atoms with Crippen LogP contribution in [0.5, 0.6) is 5.88 Å². The second kappa shape index (κ2) is 9.72. The van der Waals surface area contributed by atoms with Gasteiger partial charge in [-0.15, -0.1) is 0 Å². The molecule has 0 unspecified atom stereocenters. The first-order valence-electron chi connectivity index (χ1n) is 10.3. The van der Waals surface area contributed by atoms with E-state index in [4.69, 9.17) is 4.74 Å². The largest absolute Gasteiger partial charge is 0.481 e. The second-order valence-electron chi connectivity index (χ2n) is 7.77. The molecule has 1 fully saturated rings. The quantitative estimate of drug-likeness (QED) is 0.334. The smallest absolute Gasteiger partial charge is 0.278 e. The Morgan fingerprint density at radius 3 is 2.78 bits per heavy atom. The third-order valence-electron chi connectivity index (χ3n) is 5.75. The Morgan fingerprint density at radius 2 is 2.12 bits per heavy atom. The zero-order chi connectivity index (χ0) is 22.7. The third kappa shape index (κ3) is 4.79. The summed E-state index contributed by atoms with van der Waals surface area (Å²) in [6, 6.07) is 3.21. The van der Waals surface area contributed by atoms with Gasteiger partial charge in [-0.1, -0.05) is 0 Å². The number of aromatic nitrogens is 5.